The van der Waals surface area contributed by atoms with Crippen molar-refractivity contribution in [3.8, 4) is 5.75 Å². The maximum Gasteiger partial charge on any atom is 0.262 e. The highest BCUT2D eigenvalue weighted by Crippen LogP contribution is 2.23. The summed E-state index contributed by atoms with van der Waals surface area (Å²) in [5.74, 6) is 1.04. The van der Waals surface area contributed by atoms with Gasteiger partial charge in [-0.05, 0) is 67.6 Å². The van der Waals surface area contributed by atoms with Crippen molar-refractivity contribution in [1.82, 2.24) is 14.9 Å². The maximum atomic E-state index is 13.4. The Bertz CT molecular complexity index is 1290. The zero-order chi connectivity index (χ0) is 25.7. The summed E-state index contributed by atoms with van der Waals surface area (Å²) in [7, 11) is 1.58. The van der Waals surface area contributed by atoms with Gasteiger partial charge < -0.3 is 10.1 Å². The zero-order valence-electron chi connectivity index (χ0n) is 21.1. The van der Waals surface area contributed by atoms with Gasteiger partial charge in [0, 0.05) is 23.7 Å². The van der Waals surface area contributed by atoms with E-state index in [1.165, 1.54) is 11.8 Å². The molecule has 4 rings (SSSR count). The van der Waals surface area contributed by atoms with E-state index in [1.54, 1.807) is 54.1 Å². The Balaban J connectivity index is 1.61. The number of nitrogens with zero attached hydrogens (tertiary/aromatic N) is 2. The molecule has 0 aliphatic heterocycles. The van der Waals surface area contributed by atoms with Crippen molar-refractivity contribution in [2.24, 2.45) is 5.92 Å². The first-order valence-corrected chi connectivity index (χ1v) is 13.5. The van der Waals surface area contributed by atoms with Crippen LogP contribution in [0.5, 0.6) is 5.75 Å². The number of amides is 1. The molecule has 0 radical (unpaired) electrons. The Morgan fingerprint density at radius 1 is 1.11 bits per heavy atom. The highest BCUT2D eigenvalue weighted by atomic mass is 32.2. The van der Waals surface area contributed by atoms with Gasteiger partial charge in [0.25, 0.3) is 11.5 Å². The van der Waals surface area contributed by atoms with Crippen molar-refractivity contribution in [3.63, 3.8) is 0 Å². The highest BCUT2D eigenvalue weighted by Gasteiger charge is 2.20. The number of Topliss-reactive ketones (excluding diaryl/α,β-unsaturated/α-hetero) is 1. The van der Waals surface area contributed by atoms with E-state index >= 15 is 0 Å². The van der Waals surface area contributed by atoms with E-state index in [1.807, 2.05) is 0 Å². The lowest BCUT2D eigenvalue weighted by molar-refractivity contribution is 0.0937. The number of thioether (sulfide) groups is 1. The van der Waals surface area contributed by atoms with Gasteiger partial charge in [0.05, 0.1) is 23.8 Å². The van der Waals surface area contributed by atoms with E-state index in [4.69, 9.17) is 9.72 Å². The van der Waals surface area contributed by atoms with Crippen LogP contribution in [-0.4, -0.2) is 40.1 Å². The van der Waals surface area contributed by atoms with Gasteiger partial charge in [-0.15, -0.1) is 0 Å². The lowest BCUT2D eigenvalue weighted by Gasteiger charge is -2.15. The van der Waals surface area contributed by atoms with Crippen molar-refractivity contribution >= 4 is 34.4 Å². The first-order valence-electron chi connectivity index (χ1n) is 12.5. The van der Waals surface area contributed by atoms with E-state index in [2.05, 4.69) is 19.2 Å². The Labute approximate surface area is 215 Å². The predicted octanol–water partition coefficient (Wildman–Crippen LogP) is 5.10. The van der Waals surface area contributed by atoms with Crippen molar-refractivity contribution in [3.05, 3.63) is 63.9 Å². The third-order valence-corrected chi connectivity index (χ3v) is 7.52. The number of carbonyl (C=O) groups excluding carboxylic acids is 2. The molecule has 2 aromatic carbocycles. The van der Waals surface area contributed by atoms with Gasteiger partial charge in [-0.25, -0.2) is 4.98 Å². The van der Waals surface area contributed by atoms with E-state index in [-0.39, 0.29) is 29.0 Å². The lowest BCUT2D eigenvalue weighted by Crippen LogP contribution is -2.32. The van der Waals surface area contributed by atoms with Crippen LogP contribution in [0.2, 0.25) is 0 Å². The molecule has 36 heavy (non-hydrogen) atoms. The SMILES string of the molecule is COc1ccc(C(=O)CSc2nc3cc(C(=O)NC4CCCC4)ccc3c(=O)n2CCC(C)C)cc1. The molecule has 0 atom stereocenters. The summed E-state index contributed by atoms with van der Waals surface area (Å²) in [5, 5.41) is 4.05. The maximum absolute atomic E-state index is 13.4. The number of nitrogens with one attached hydrogen (secondary N) is 1. The third kappa shape index (κ3) is 6.16. The van der Waals surface area contributed by atoms with Gasteiger partial charge in [-0.3, -0.25) is 19.0 Å². The van der Waals surface area contributed by atoms with E-state index in [0.29, 0.717) is 45.4 Å². The molecule has 0 spiro atoms. The Morgan fingerprint density at radius 3 is 2.47 bits per heavy atom. The Morgan fingerprint density at radius 2 is 1.81 bits per heavy atom. The summed E-state index contributed by atoms with van der Waals surface area (Å²) in [5.41, 5.74) is 1.39. The summed E-state index contributed by atoms with van der Waals surface area (Å²) >= 11 is 1.25. The van der Waals surface area contributed by atoms with Crippen LogP contribution in [0.15, 0.2) is 52.4 Å². The molecule has 0 unspecified atom stereocenters. The van der Waals surface area contributed by atoms with Gasteiger partial charge in [0.15, 0.2) is 10.9 Å². The quantitative estimate of drug-likeness (QED) is 0.233. The van der Waals surface area contributed by atoms with Crippen molar-refractivity contribution < 1.29 is 14.3 Å². The van der Waals surface area contributed by atoms with Crippen LogP contribution in [0.3, 0.4) is 0 Å². The second-order valence-electron chi connectivity index (χ2n) is 9.66. The molecule has 1 heterocycles. The molecule has 1 amide bonds. The highest BCUT2D eigenvalue weighted by molar-refractivity contribution is 7.99. The van der Waals surface area contributed by atoms with Crippen LogP contribution in [0.1, 0.15) is 66.7 Å². The summed E-state index contributed by atoms with van der Waals surface area (Å²) in [6.45, 7) is 4.73. The second kappa shape index (κ2) is 11.7. The van der Waals surface area contributed by atoms with Crippen LogP contribution in [0.4, 0.5) is 0 Å². The molecular formula is C28H33N3O4S. The molecule has 1 fully saturated rings. The number of fused-ring (bicyclic) bond motifs is 1. The van der Waals surface area contributed by atoms with Crippen LogP contribution in [0.25, 0.3) is 10.9 Å². The molecule has 1 aliphatic rings. The van der Waals surface area contributed by atoms with Gasteiger partial charge in [-0.1, -0.05) is 38.5 Å². The summed E-state index contributed by atoms with van der Waals surface area (Å²) in [6, 6.07) is 12.3. The summed E-state index contributed by atoms with van der Waals surface area (Å²) < 4.78 is 6.82. The monoisotopic (exact) mass is 507 g/mol. The molecule has 7 nitrogen and oxygen atoms in total. The predicted molar refractivity (Wildman–Crippen MR) is 143 cm³/mol. The van der Waals surface area contributed by atoms with Crippen molar-refractivity contribution in [1.29, 1.82) is 0 Å². The number of benzene rings is 2. The number of hydrogen-bond acceptors (Lipinski definition) is 6. The minimum Gasteiger partial charge on any atom is -0.497 e. The largest absolute Gasteiger partial charge is 0.497 e. The Kier molecular flexibility index (Phi) is 8.46. The number of aromatic nitrogens is 2. The van der Waals surface area contributed by atoms with Crippen LogP contribution in [0, 0.1) is 5.92 Å². The summed E-state index contributed by atoms with van der Waals surface area (Å²) in [4.78, 5) is 43.8. The first kappa shape index (κ1) is 25.9. The number of ketones is 1. The van der Waals surface area contributed by atoms with Crippen LogP contribution in [-0.2, 0) is 6.54 Å². The first-order chi connectivity index (χ1) is 17.4. The smallest absolute Gasteiger partial charge is 0.262 e. The van der Waals surface area contributed by atoms with Gasteiger partial charge in [-0.2, -0.15) is 0 Å². The number of rotatable bonds is 10. The van der Waals surface area contributed by atoms with Gasteiger partial charge in [0.1, 0.15) is 5.75 Å². The third-order valence-electron chi connectivity index (χ3n) is 6.55. The number of ether oxygens (including phenoxy) is 1. The summed E-state index contributed by atoms with van der Waals surface area (Å²) in [6.07, 6.45) is 5.09. The molecule has 190 valence electrons. The molecular weight excluding hydrogens is 474 g/mol. The van der Waals surface area contributed by atoms with Crippen LogP contribution < -0.4 is 15.6 Å². The standard InChI is InChI=1S/C28H33N3O4S/c1-18(2)14-15-31-27(34)23-13-10-20(26(33)29-21-6-4-5-7-21)16-24(23)30-28(31)36-17-25(32)19-8-11-22(35-3)12-9-19/h8-13,16,18,21H,4-7,14-15,17H2,1-3H3,(H,29,33). The minimum atomic E-state index is -0.150. The van der Waals surface area contributed by atoms with Gasteiger partial charge >= 0.3 is 0 Å². The van der Waals surface area contributed by atoms with Gasteiger partial charge in [0.2, 0.25) is 0 Å². The molecule has 1 aromatic heterocycles. The fraction of sp³-hybridized carbons (Fsp3) is 0.429. The molecule has 3 aromatic rings. The molecule has 0 saturated heterocycles. The minimum absolute atomic E-state index is 0.0582. The van der Waals surface area contributed by atoms with E-state index < -0.39 is 0 Å². The zero-order valence-corrected chi connectivity index (χ0v) is 21.9. The lowest BCUT2D eigenvalue weighted by atomic mass is 10.1. The fourth-order valence-corrected chi connectivity index (χ4v) is 5.29. The number of methoxy groups -OCH3 is 1. The molecule has 1 aliphatic carbocycles. The number of hydrogen-bond donors (Lipinski definition) is 1. The molecule has 1 saturated carbocycles. The Hall–Kier alpha value is -3.13. The molecule has 1 N–H and O–H groups in total. The van der Waals surface area contributed by atoms with E-state index in [9.17, 15) is 14.4 Å². The van der Waals surface area contributed by atoms with Crippen LogP contribution >= 0.6 is 11.8 Å². The normalized spacial score (nSPS) is 13.9. The molecule has 8 heteroatoms. The van der Waals surface area contributed by atoms with E-state index in [0.717, 1.165) is 32.1 Å². The topological polar surface area (TPSA) is 90.3 Å². The fourth-order valence-electron chi connectivity index (χ4n) is 4.37. The molecule has 0 bridgehead atoms. The van der Waals surface area contributed by atoms with Crippen molar-refractivity contribution in [2.75, 3.05) is 12.9 Å². The second-order valence-corrected chi connectivity index (χ2v) is 10.6. The average molecular weight is 508 g/mol. The van der Waals surface area contributed by atoms with Crippen molar-refractivity contribution in [2.45, 2.75) is 63.7 Å². The average Bonchev–Trinajstić information content (AvgIpc) is 3.39. The number of carbonyl (C=O) groups is 2.